The van der Waals surface area contributed by atoms with Crippen LogP contribution in [0.5, 0.6) is 0 Å². The fourth-order valence-electron chi connectivity index (χ4n) is 2.83. The summed E-state index contributed by atoms with van der Waals surface area (Å²) < 4.78 is 3.93. The Labute approximate surface area is 180 Å². The average Bonchev–Trinajstić information content (AvgIpc) is 3.37. The lowest BCUT2D eigenvalue weighted by Gasteiger charge is -2.09. The summed E-state index contributed by atoms with van der Waals surface area (Å²) in [6.45, 7) is 0. The Bertz CT molecular complexity index is 1120. The summed E-state index contributed by atoms with van der Waals surface area (Å²) in [5, 5.41) is 11.8. The third-order valence-electron chi connectivity index (χ3n) is 4.48. The summed E-state index contributed by atoms with van der Waals surface area (Å²) in [6, 6.07) is 19.4. The van der Waals surface area contributed by atoms with Crippen LogP contribution in [-0.4, -0.2) is 31.5 Å². The van der Waals surface area contributed by atoms with Crippen molar-refractivity contribution in [1.29, 1.82) is 0 Å². The Morgan fingerprint density at radius 3 is 1.97 bits per heavy atom. The van der Waals surface area contributed by atoms with E-state index in [-0.39, 0.29) is 0 Å². The van der Waals surface area contributed by atoms with Crippen LogP contribution in [0, 0.1) is 0 Å². The van der Waals surface area contributed by atoms with Crippen molar-refractivity contribution in [2.75, 3.05) is 16.2 Å². The van der Waals surface area contributed by atoms with Crippen molar-refractivity contribution in [2.24, 2.45) is 24.3 Å². The fraction of sp³-hybridized carbons (Fsp3) is 0.0909. The van der Waals surface area contributed by atoms with Gasteiger partial charge in [-0.3, -0.25) is 5.43 Å². The molecule has 1 aromatic carbocycles. The van der Waals surface area contributed by atoms with Crippen molar-refractivity contribution in [3.05, 3.63) is 84.4 Å². The summed E-state index contributed by atoms with van der Waals surface area (Å²) in [7, 11) is 3.91. The second kappa shape index (κ2) is 9.40. The zero-order valence-electron chi connectivity index (χ0n) is 17.3. The van der Waals surface area contributed by atoms with Gasteiger partial charge in [0.25, 0.3) is 0 Å². The predicted octanol–water partition coefficient (Wildman–Crippen LogP) is 3.79. The maximum Gasteiger partial charge on any atom is 0.247 e. The van der Waals surface area contributed by atoms with Gasteiger partial charge in [0.05, 0.1) is 23.8 Å². The topological polar surface area (TPSA) is 96.5 Å². The van der Waals surface area contributed by atoms with Crippen LogP contribution >= 0.6 is 0 Å². The minimum absolute atomic E-state index is 0.336. The monoisotopic (exact) mass is 413 g/mol. The van der Waals surface area contributed by atoms with Crippen molar-refractivity contribution in [2.45, 2.75) is 0 Å². The minimum Gasteiger partial charge on any atom is -0.350 e. The third-order valence-corrected chi connectivity index (χ3v) is 4.48. The number of para-hydroxylation sites is 1. The molecule has 0 aliphatic carbocycles. The van der Waals surface area contributed by atoms with Crippen LogP contribution in [0.3, 0.4) is 0 Å². The van der Waals surface area contributed by atoms with E-state index in [1.165, 1.54) is 0 Å². The highest BCUT2D eigenvalue weighted by molar-refractivity contribution is 5.78. The van der Waals surface area contributed by atoms with Gasteiger partial charge in [-0.1, -0.05) is 18.2 Å². The number of aromatic nitrogens is 4. The van der Waals surface area contributed by atoms with Gasteiger partial charge in [0.15, 0.2) is 5.82 Å². The van der Waals surface area contributed by atoms with Gasteiger partial charge in [-0.05, 0) is 36.4 Å². The van der Waals surface area contributed by atoms with Crippen molar-refractivity contribution in [3.63, 3.8) is 0 Å². The predicted molar refractivity (Wildman–Crippen MR) is 125 cm³/mol. The van der Waals surface area contributed by atoms with Crippen LogP contribution in [0.15, 0.2) is 83.3 Å². The molecule has 3 heterocycles. The molecular weight excluding hydrogens is 390 g/mol. The van der Waals surface area contributed by atoms with E-state index < -0.39 is 0 Å². The first-order valence-corrected chi connectivity index (χ1v) is 9.69. The molecule has 3 aromatic heterocycles. The minimum atomic E-state index is 0.336. The number of nitrogens with one attached hydrogen (secondary N) is 3. The molecule has 0 saturated heterocycles. The molecule has 156 valence electrons. The van der Waals surface area contributed by atoms with Gasteiger partial charge in [0.1, 0.15) is 5.82 Å². The van der Waals surface area contributed by atoms with Gasteiger partial charge in [0, 0.05) is 38.2 Å². The highest BCUT2D eigenvalue weighted by Gasteiger charge is 2.05. The third kappa shape index (κ3) is 5.36. The molecule has 9 heteroatoms. The molecule has 0 spiro atoms. The number of benzene rings is 1. The number of hydrazone groups is 2. The summed E-state index contributed by atoms with van der Waals surface area (Å²) in [4.78, 5) is 8.94. The van der Waals surface area contributed by atoms with E-state index in [0.29, 0.717) is 17.6 Å². The number of rotatable bonds is 8. The summed E-state index contributed by atoms with van der Waals surface area (Å²) in [6.07, 6.45) is 7.35. The first-order chi connectivity index (χ1) is 15.2. The van der Waals surface area contributed by atoms with Gasteiger partial charge in [0.2, 0.25) is 5.95 Å². The van der Waals surface area contributed by atoms with Crippen molar-refractivity contribution in [3.8, 4) is 0 Å². The Kier molecular flexibility index (Phi) is 6.03. The quantitative estimate of drug-likeness (QED) is 0.302. The standard InChI is InChI=1S/C22H23N9/c1-30-12-6-10-18(30)15-23-28-21-14-20(25-17-8-4-3-5-9-17)26-22(27-21)29-24-16-19-11-7-13-31(19)2/h3-16H,1-2H3,(H3,25,26,27,28,29). The van der Waals surface area contributed by atoms with Crippen LogP contribution in [0.25, 0.3) is 0 Å². The molecule has 0 saturated carbocycles. The maximum absolute atomic E-state index is 4.49. The molecule has 0 aliphatic heterocycles. The lowest BCUT2D eigenvalue weighted by molar-refractivity contribution is 0.917. The molecular formula is C22H23N9. The van der Waals surface area contributed by atoms with Gasteiger partial charge < -0.3 is 14.5 Å². The van der Waals surface area contributed by atoms with Crippen LogP contribution in [0.4, 0.5) is 23.3 Å². The number of nitrogens with zero attached hydrogens (tertiary/aromatic N) is 6. The maximum atomic E-state index is 4.49. The largest absolute Gasteiger partial charge is 0.350 e. The molecule has 0 radical (unpaired) electrons. The zero-order valence-corrected chi connectivity index (χ0v) is 17.3. The molecule has 0 fully saturated rings. The van der Waals surface area contributed by atoms with E-state index in [1.54, 1.807) is 18.5 Å². The molecule has 9 nitrogen and oxygen atoms in total. The SMILES string of the molecule is Cn1cccc1C=NNc1cc(Nc2ccccc2)nc(NN=Cc2cccn2C)n1. The summed E-state index contributed by atoms with van der Waals surface area (Å²) in [5.74, 6) is 1.47. The van der Waals surface area contributed by atoms with E-state index in [1.807, 2.05) is 90.2 Å². The smallest absolute Gasteiger partial charge is 0.247 e. The zero-order chi connectivity index (χ0) is 21.5. The average molecular weight is 413 g/mol. The van der Waals surface area contributed by atoms with Gasteiger partial charge in [-0.25, -0.2) is 5.43 Å². The number of hydrogen-bond donors (Lipinski definition) is 3. The first kappa shape index (κ1) is 19.9. The molecule has 0 aliphatic rings. The van der Waals surface area contributed by atoms with E-state index in [4.69, 9.17) is 0 Å². The Hall–Kier alpha value is -4.40. The van der Waals surface area contributed by atoms with Crippen molar-refractivity contribution in [1.82, 2.24) is 19.1 Å². The molecule has 0 unspecified atom stereocenters. The van der Waals surface area contributed by atoms with E-state index in [2.05, 4.69) is 36.3 Å². The summed E-state index contributed by atoms with van der Waals surface area (Å²) in [5.41, 5.74) is 8.68. The van der Waals surface area contributed by atoms with E-state index >= 15 is 0 Å². The fourth-order valence-corrected chi connectivity index (χ4v) is 2.83. The first-order valence-electron chi connectivity index (χ1n) is 9.69. The Morgan fingerprint density at radius 2 is 1.35 bits per heavy atom. The molecule has 31 heavy (non-hydrogen) atoms. The number of hydrogen-bond acceptors (Lipinski definition) is 7. The van der Waals surface area contributed by atoms with Crippen LogP contribution in [-0.2, 0) is 14.1 Å². The molecule has 4 aromatic rings. The summed E-state index contributed by atoms with van der Waals surface area (Å²) >= 11 is 0. The van der Waals surface area contributed by atoms with Crippen LogP contribution in [0.1, 0.15) is 11.4 Å². The lowest BCUT2D eigenvalue weighted by Crippen LogP contribution is -2.04. The molecule has 0 atom stereocenters. The van der Waals surface area contributed by atoms with E-state index in [0.717, 1.165) is 17.1 Å². The van der Waals surface area contributed by atoms with Crippen molar-refractivity contribution < 1.29 is 0 Å². The van der Waals surface area contributed by atoms with Crippen LogP contribution < -0.4 is 16.2 Å². The second-order valence-electron chi connectivity index (χ2n) is 6.78. The molecule has 3 N–H and O–H groups in total. The van der Waals surface area contributed by atoms with Gasteiger partial charge in [-0.15, -0.1) is 0 Å². The lowest BCUT2D eigenvalue weighted by atomic mass is 10.3. The van der Waals surface area contributed by atoms with Gasteiger partial charge in [-0.2, -0.15) is 20.2 Å². The van der Waals surface area contributed by atoms with Crippen LogP contribution in [0.2, 0.25) is 0 Å². The number of aryl methyl sites for hydroxylation is 2. The van der Waals surface area contributed by atoms with Crippen molar-refractivity contribution >= 4 is 35.7 Å². The molecule has 0 bridgehead atoms. The molecule has 0 amide bonds. The number of anilines is 4. The Balaban J connectivity index is 1.54. The highest BCUT2D eigenvalue weighted by Crippen LogP contribution is 2.19. The molecule has 4 rings (SSSR count). The van der Waals surface area contributed by atoms with Gasteiger partial charge >= 0.3 is 0 Å². The second-order valence-corrected chi connectivity index (χ2v) is 6.78. The Morgan fingerprint density at radius 1 is 0.742 bits per heavy atom. The van der Waals surface area contributed by atoms with E-state index in [9.17, 15) is 0 Å². The normalized spacial score (nSPS) is 11.3. The highest BCUT2D eigenvalue weighted by atomic mass is 15.4.